The van der Waals surface area contributed by atoms with Crippen molar-refractivity contribution in [3.8, 4) is 0 Å². The van der Waals surface area contributed by atoms with Crippen LogP contribution in [0.2, 0.25) is 0 Å². The smallest absolute Gasteiger partial charge is 0.0612 e. The van der Waals surface area contributed by atoms with Gasteiger partial charge in [-0.3, -0.25) is 0 Å². The van der Waals surface area contributed by atoms with Gasteiger partial charge in [0.05, 0.1) is 6.61 Å². The molecule has 0 unspecified atom stereocenters. The highest BCUT2D eigenvalue weighted by atomic mass is 16.2. The van der Waals surface area contributed by atoms with Crippen LogP contribution in [-0.4, -0.2) is 11.7 Å². The molecule has 0 aliphatic heterocycles. The zero-order chi connectivity index (χ0) is 6.95. The Bertz CT molecular complexity index is 92.7. The molecule has 0 saturated carbocycles. The van der Waals surface area contributed by atoms with Crippen molar-refractivity contribution in [1.82, 2.24) is 0 Å². The lowest BCUT2D eigenvalue weighted by Gasteiger charge is -1.83. The molecule has 1 nitrogen and oxygen atoms in total. The van der Waals surface area contributed by atoms with E-state index in [2.05, 4.69) is 6.08 Å². The second-order valence-electron chi connectivity index (χ2n) is 1.80. The fraction of sp³-hybridized carbons (Fsp3) is 0.500. The van der Waals surface area contributed by atoms with Crippen LogP contribution in [-0.2, 0) is 0 Å². The van der Waals surface area contributed by atoms with Crippen LogP contribution in [0.3, 0.4) is 0 Å². The van der Waals surface area contributed by atoms with E-state index >= 15 is 0 Å². The molecule has 0 heterocycles. The summed E-state index contributed by atoms with van der Waals surface area (Å²) < 4.78 is 0. The lowest BCUT2D eigenvalue weighted by molar-refractivity contribution is 0.342. The quantitative estimate of drug-likeness (QED) is 0.450. The van der Waals surface area contributed by atoms with Crippen molar-refractivity contribution in [2.24, 2.45) is 0 Å². The van der Waals surface area contributed by atoms with Crippen LogP contribution in [0.5, 0.6) is 0 Å². The molecule has 0 atom stereocenters. The molecule has 0 amide bonds. The first-order valence-corrected chi connectivity index (χ1v) is 3.28. The van der Waals surface area contributed by atoms with Crippen LogP contribution >= 0.6 is 0 Å². The van der Waals surface area contributed by atoms with Crippen molar-refractivity contribution in [2.75, 3.05) is 6.61 Å². The highest BCUT2D eigenvalue weighted by Crippen LogP contribution is 1.91. The maximum absolute atomic E-state index is 8.32. The molecule has 9 heavy (non-hydrogen) atoms. The molecule has 0 bridgehead atoms. The summed E-state index contributed by atoms with van der Waals surface area (Å²) in [5.41, 5.74) is 0. The van der Waals surface area contributed by atoms with Crippen molar-refractivity contribution in [2.45, 2.75) is 19.8 Å². The minimum atomic E-state index is 0.163. The molecule has 0 saturated heterocycles. The molecular weight excluding hydrogens is 112 g/mol. The van der Waals surface area contributed by atoms with E-state index in [4.69, 9.17) is 5.11 Å². The Labute approximate surface area is 56.7 Å². The summed E-state index contributed by atoms with van der Waals surface area (Å²) in [7, 11) is 0. The Morgan fingerprint density at radius 3 is 2.33 bits per heavy atom. The zero-order valence-electron chi connectivity index (χ0n) is 5.88. The SMILES string of the molecule is C/C=C\CC/C=C\CO. The second-order valence-corrected chi connectivity index (χ2v) is 1.80. The van der Waals surface area contributed by atoms with E-state index < -0.39 is 0 Å². The van der Waals surface area contributed by atoms with Crippen molar-refractivity contribution in [3.05, 3.63) is 24.3 Å². The predicted molar refractivity (Wildman–Crippen MR) is 40.3 cm³/mol. The van der Waals surface area contributed by atoms with Crippen LogP contribution in [0, 0.1) is 0 Å². The number of hydrogen-bond donors (Lipinski definition) is 1. The van der Waals surface area contributed by atoms with Gasteiger partial charge in [0.15, 0.2) is 0 Å². The summed E-state index contributed by atoms with van der Waals surface area (Å²) in [6.45, 7) is 2.17. The van der Waals surface area contributed by atoms with Crippen LogP contribution in [0.25, 0.3) is 0 Å². The third kappa shape index (κ3) is 7.44. The second kappa shape index (κ2) is 7.44. The average molecular weight is 126 g/mol. The molecule has 52 valence electrons. The standard InChI is InChI=1S/C8H14O/c1-2-3-4-5-6-7-8-9/h2-3,6-7,9H,4-5,8H2,1H3/b3-2-,7-6-. The first-order chi connectivity index (χ1) is 4.41. The van der Waals surface area contributed by atoms with Crippen molar-refractivity contribution < 1.29 is 5.11 Å². The molecule has 0 aromatic rings. The highest BCUT2D eigenvalue weighted by Gasteiger charge is 1.72. The van der Waals surface area contributed by atoms with E-state index in [-0.39, 0.29) is 6.61 Å². The summed E-state index contributed by atoms with van der Waals surface area (Å²) in [4.78, 5) is 0. The summed E-state index contributed by atoms with van der Waals surface area (Å²) in [5.74, 6) is 0. The minimum absolute atomic E-state index is 0.163. The average Bonchev–Trinajstić information content (AvgIpc) is 1.89. The molecule has 0 aromatic heterocycles. The topological polar surface area (TPSA) is 20.2 Å². The van der Waals surface area contributed by atoms with Crippen molar-refractivity contribution in [1.29, 1.82) is 0 Å². The maximum atomic E-state index is 8.32. The lowest BCUT2D eigenvalue weighted by atomic mass is 10.3. The summed E-state index contributed by atoms with van der Waals surface area (Å²) in [6, 6.07) is 0. The number of rotatable bonds is 4. The van der Waals surface area contributed by atoms with Gasteiger partial charge in [0.2, 0.25) is 0 Å². The third-order valence-corrected chi connectivity index (χ3v) is 1.01. The maximum Gasteiger partial charge on any atom is 0.0612 e. The summed E-state index contributed by atoms with van der Waals surface area (Å²) >= 11 is 0. The van der Waals surface area contributed by atoms with Gasteiger partial charge in [0, 0.05) is 0 Å². The van der Waals surface area contributed by atoms with Gasteiger partial charge in [-0.15, -0.1) is 0 Å². The van der Waals surface area contributed by atoms with Crippen LogP contribution < -0.4 is 0 Å². The molecule has 1 N–H and O–H groups in total. The van der Waals surface area contributed by atoms with Gasteiger partial charge in [-0.25, -0.2) is 0 Å². The van der Waals surface area contributed by atoms with Crippen LogP contribution in [0.15, 0.2) is 24.3 Å². The normalized spacial score (nSPS) is 11.8. The predicted octanol–water partition coefficient (Wildman–Crippen LogP) is 1.89. The van der Waals surface area contributed by atoms with Crippen molar-refractivity contribution >= 4 is 0 Å². The van der Waals surface area contributed by atoms with Gasteiger partial charge in [-0.1, -0.05) is 24.3 Å². The first-order valence-electron chi connectivity index (χ1n) is 3.28. The lowest BCUT2D eigenvalue weighted by Crippen LogP contribution is -1.70. The molecule has 0 fully saturated rings. The Morgan fingerprint density at radius 2 is 1.78 bits per heavy atom. The Hall–Kier alpha value is -0.560. The van der Waals surface area contributed by atoms with Crippen molar-refractivity contribution in [3.63, 3.8) is 0 Å². The van der Waals surface area contributed by atoms with E-state index in [0.29, 0.717) is 0 Å². The number of aliphatic hydroxyl groups excluding tert-OH is 1. The van der Waals surface area contributed by atoms with E-state index in [1.54, 1.807) is 6.08 Å². The van der Waals surface area contributed by atoms with E-state index in [1.807, 2.05) is 19.1 Å². The van der Waals surface area contributed by atoms with E-state index in [1.165, 1.54) is 0 Å². The molecule has 0 aliphatic carbocycles. The van der Waals surface area contributed by atoms with Crippen LogP contribution in [0.1, 0.15) is 19.8 Å². The molecular formula is C8H14O. The highest BCUT2D eigenvalue weighted by molar-refractivity contribution is 4.85. The first kappa shape index (κ1) is 8.44. The van der Waals surface area contributed by atoms with Gasteiger partial charge in [0.1, 0.15) is 0 Å². The number of hydrogen-bond acceptors (Lipinski definition) is 1. The van der Waals surface area contributed by atoms with Gasteiger partial charge in [-0.05, 0) is 19.8 Å². The van der Waals surface area contributed by atoms with E-state index in [0.717, 1.165) is 12.8 Å². The zero-order valence-corrected chi connectivity index (χ0v) is 5.88. The summed E-state index contributed by atoms with van der Waals surface area (Å²) in [6.07, 6.45) is 10.0. The Kier molecular flexibility index (Phi) is 6.98. The van der Waals surface area contributed by atoms with Gasteiger partial charge >= 0.3 is 0 Å². The molecule has 1 heteroatoms. The molecule has 0 rings (SSSR count). The molecule has 0 aliphatic rings. The fourth-order valence-electron chi connectivity index (χ4n) is 0.552. The largest absolute Gasteiger partial charge is 0.392 e. The van der Waals surface area contributed by atoms with Gasteiger partial charge in [0.25, 0.3) is 0 Å². The molecule has 0 spiro atoms. The van der Waals surface area contributed by atoms with E-state index in [9.17, 15) is 0 Å². The van der Waals surface area contributed by atoms with Gasteiger partial charge < -0.3 is 5.11 Å². The monoisotopic (exact) mass is 126 g/mol. The molecule has 0 aromatic carbocycles. The van der Waals surface area contributed by atoms with Gasteiger partial charge in [-0.2, -0.15) is 0 Å². The summed E-state index contributed by atoms with van der Waals surface area (Å²) in [5, 5.41) is 8.32. The third-order valence-electron chi connectivity index (χ3n) is 1.01. The number of aliphatic hydroxyl groups is 1. The Balaban J connectivity index is 2.99. The van der Waals surface area contributed by atoms with Crippen LogP contribution in [0.4, 0.5) is 0 Å². The number of unbranched alkanes of at least 4 members (excludes halogenated alkanes) is 1. The fourth-order valence-corrected chi connectivity index (χ4v) is 0.552. The minimum Gasteiger partial charge on any atom is -0.392 e. The Morgan fingerprint density at radius 1 is 1.11 bits per heavy atom. The molecule has 0 radical (unpaired) electrons. The number of allylic oxidation sites excluding steroid dienone is 3.